The molecule has 0 saturated carbocycles. The molecule has 0 aliphatic rings. The number of carbonyl (C=O) groups excluding carboxylic acids is 1. The largest absolute Gasteiger partial charge is 0.416 e. The molecule has 0 aliphatic heterocycles. The van der Waals surface area contributed by atoms with Crippen LogP contribution < -0.4 is 4.18 Å². The minimum absolute atomic E-state index is 0.0541. The summed E-state index contributed by atoms with van der Waals surface area (Å²) >= 11 is 0. The van der Waals surface area contributed by atoms with Crippen molar-refractivity contribution in [3.8, 4) is 5.75 Å². The van der Waals surface area contributed by atoms with E-state index < -0.39 is 26.8 Å². The molecule has 1 amide bonds. The summed E-state index contributed by atoms with van der Waals surface area (Å²) in [5.41, 5.74) is 0.451. The Morgan fingerprint density at radius 2 is 1.61 bits per heavy atom. The number of benzene rings is 3. The normalized spacial score (nSPS) is 12.9. The zero-order valence-corrected chi connectivity index (χ0v) is 21.0. The van der Waals surface area contributed by atoms with E-state index in [0.717, 1.165) is 23.8 Å². The maximum absolute atomic E-state index is 13.4. The van der Waals surface area contributed by atoms with E-state index in [2.05, 4.69) is 0 Å². The number of alkyl halides is 3. The first-order valence-corrected chi connectivity index (χ1v) is 12.9. The van der Waals surface area contributed by atoms with Crippen LogP contribution in [-0.2, 0) is 27.6 Å². The summed E-state index contributed by atoms with van der Waals surface area (Å²) in [6.07, 6.45) is -4.07. The molecular weight excluding hydrogens is 491 g/mol. The summed E-state index contributed by atoms with van der Waals surface area (Å²) in [5, 5.41) is 0. The molecule has 3 rings (SSSR count). The van der Waals surface area contributed by atoms with Crippen LogP contribution in [0.1, 0.15) is 49.8 Å². The first kappa shape index (κ1) is 27.3. The van der Waals surface area contributed by atoms with Gasteiger partial charge >= 0.3 is 16.3 Å². The molecule has 3 aromatic carbocycles. The van der Waals surface area contributed by atoms with E-state index in [0.29, 0.717) is 18.1 Å². The lowest BCUT2D eigenvalue weighted by Gasteiger charge is -2.31. The van der Waals surface area contributed by atoms with Gasteiger partial charge in [0.1, 0.15) is 10.6 Å². The molecular formula is C27H28F3NO4S. The maximum Gasteiger partial charge on any atom is 0.416 e. The molecule has 0 radical (unpaired) electrons. The molecule has 5 nitrogen and oxygen atoms in total. The van der Waals surface area contributed by atoms with Crippen molar-refractivity contribution < 1.29 is 30.6 Å². The minimum Gasteiger partial charge on any atom is -0.379 e. The Morgan fingerprint density at radius 3 is 2.22 bits per heavy atom. The van der Waals surface area contributed by atoms with Crippen molar-refractivity contribution in [1.29, 1.82) is 0 Å². The molecule has 0 fully saturated rings. The Hall–Kier alpha value is -3.33. The monoisotopic (exact) mass is 519 g/mol. The smallest absolute Gasteiger partial charge is 0.379 e. The molecule has 0 heterocycles. The van der Waals surface area contributed by atoms with Crippen LogP contribution in [0.3, 0.4) is 0 Å². The van der Waals surface area contributed by atoms with Gasteiger partial charge in [0, 0.05) is 12.6 Å². The molecule has 0 spiro atoms. The van der Waals surface area contributed by atoms with E-state index in [1.807, 2.05) is 51.1 Å². The predicted octanol–water partition coefficient (Wildman–Crippen LogP) is 6.40. The molecule has 0 bridgehead atoms. The van der Waals surface area contributed by atoms with E-state index in [1.165, 1.54) is 12.1 Å². The van der Waals surface area contributed by atoms with Crippen molar-refractivity contribution >= 4 is 16.0 Å². The van der Waals surface area contributed by atoms with Gasteiger partial charge in [-0.3, -0.25) is 4.79 Å². The van der Waals surface area contributed by atoms with E-state index in [9.17, 15) is 26.4 Å². The van der Waals surface area contributed by atoms with Crippen LogP contribution in [-0.4, -0.2) is 25.3 Å². The van der Waals surface area contributed by atoms with Gasteiger partial charge in [0.25, 0.3) is 0 Å². The Labute approximate surface area is 209 Å². The van der Waals surface area contributed by atoms with Crippen LogP contribution in [0, 0.1) is 0 Å². The van der Waals surface area contributed by atoms with Crippen molar-refractivity contribution in [3.05, 3.63) is 95.6 Å². The van der Waals surface area contributed by atoms with Crippen molar-refractivity contribution in [1.82, 2.24) is 4.90 Å². The number of amides is 1. The molecule has 0 saturated heterocycles. The zero-order valence-electron chi connectivity index (χ0n) is 20.2. The van der Waals surface area contributed by atoms with Crippen molar-refractivity contribution in [2.24, 2.45) is 0 Å². The fourth-order valence-electron chi connectivity index (χ4n) is 3.85. The fourth-order valence-corrected chi connectivity index (χ4v) is 4.82. The Morgan fingerprint density at radius 1 is 0.944 bits per heavy atom. The first-order valence-electron chi connectivity index (χ1n) is 11.5. The van der Waals surface area contributed by atoms with E-state index in [1.54, 1.807) is 17.0 Å². The Balaban J connectivity index is 1.83. The van der Waals surface area contributed by atoms with Crippen LogP contribution in [0.2, 0.25) is 0 Å². The van der Waals surface area contributed by atoms with Gasteiger partial charge < -0.3 is 9.08 Å². The average Bonchev–Trinajstić information content (AvgIpc) is 2.83. The predicted molar refractivity (Wildman–Crippen MR) is 131 cm³/mol. The third-order valence-electron chi connectivity index (χ3n) is 5.72. The molecule has 36 heavy (non-hydrogen) atoms. The molecule has 3 aromatic rings. The van der Waals surface area contributed by atoms with Gasteiger partial charge in [-0.25, -0.2) is 0 Å². The van der Waals surface area contributed by atoms with Crippen LogP contribution in [0.25, 0.3) is 0 Å². The Kier molecular flexibility index (Phi) is 8.45. The number of halogens is 3. The Bertz CT molecular complexity index is 1290. The minimum atomic E-state index is -4.69. The summed E-state index contributed by atoms with van der Waals surface area (Å²) in [5.74, 6) is -0.438. The highest BCUT2D eigenvalue weighted by molar-refractivity contribution is 7.87. The number of hydrogen-bond donors (Lipinski definition) is 0. The van der Waals surface area contributed by atoms with Gasteiger partial charge in [0.15, 0.2) is 0 Å². The molecule has 0 aromatic heterocycles. The highest BCUT2D eigenvalue weighted by Gasteiger charge is 2.32. The van der Waals surface area contributed by atoms with Crippen LogP contribution in [0.5, 0.6) is 5.75 Å². The number of rotatable bonds is 9. The lowest BCUT2D eigenvalue weighted by atomic mass is 9.94. The summed E-state index contributed by atoms with van der Waals surface area (Å²) in [6, 6.07) is 18.9. The summed E-state index contributed by atoms with van der Waals surface area (Å²) in [6.45, 7) is 5.95. The van der Waals surface area contributed by atoms with Gasteiger partial charge in [-0.05, 0) is 61.7 Å². The average molecular weight is 520 g/mol. The second kappa shape index (κ2) is 11.2. The summed E-state index contributed by atoms with van der Waals surface area (Å²) in [7, 11) is -4.51. The quantitative estimate of drug-likeness (QED) is 0.307. The van der Waals surface area contributed by atoms with Crippen LogP contribution >= 0.6 is 0 Å². The fraction of sp³-hybridized carbons (Fsp3) is 0.296. The third kappa shape index (κ3) is 6.66. The lowest BCUT2D eigenvalue weighted by Crippen LogP contribution is -2.39. The van der Waals surface area contributed by atoms with Crippen molar-refractivity contribution in [3.63, 3.8) is 0 Å². The number of nitrogens with zero attached hydrogens (tertiary/aromatic N) is 1. The van der Waals surface area contributed by atoms with Gasteiger partial charge in [-0.15, -0.1) is 0 Å². The molecule has 1 unspecified atom stereocenters. The molecule has 192 valence electrons. The van der Waals surface area contributed by atoms with Gasteiger partial charge in [0.05, 0.1) is 11.5 Å². The maximum atomic E-state index is 13.4. The summed E-state index contributed by atoms with van der Waals surface area (Å²) in [4.78, 5) is 14.5. The van der Waals surface area contributed by atoms with Crippen LogP contribution in [0.15, 0.2) is 83.8 Å². The van der Waals surface area contributed by atoms with Crippen molar-refractivity contribution in [2.45, 2.75) is 56.8 Å². The van der Waals surface area contributed by atoms with E-state index >= 15 is 0 Å². The zero-order chi connectivity index (χ0) is 26.5. The number of hydrogen-bond acceptors (Lipinski definition) is 4. The standard InChI is InChI=1S/C27H28F3NO4S/c1-4-25(21-11-6-5-7-12-21)26(32)31(19(2)3)18-20-10-8-14-23(16-20)35-36(33,34)24-15-9-13-22(17-24)27(28,29)30/h5-17,19,25H,4,18H2,1-3H3. The highest BCUT2D eigenvalue weighted by atomic mass is 32.2. The second-order valence-electron chi connectivity index (χ2n) is 8.64. The van der Waals surface area contributed by atoms with Crippen LogP contribution in [0.4, 0.5) is 13.2 Å². The van der Waals surface area contributed by atoms with Gasteiger partial charge in [-0.1, -0.05) is 55.5 Å². The van der Waals surface area contributed by atoms with E-state index in [-0.39, 0.29) is 30.2 Å². The van der Waals surface area contributed by atoms with Gasteiger partial charge in [0.2, 0.25) is 5.91 Å². The first-order chi connectivity index (χ1) is 16.9. The number of carbonyl (C=O) groups is 1. The van der Waals surface area contributed by atoms with Crippen molar-refractivity contribution in [2.75, 3.05) is 0 Å². The third-order valence-corrected chi connectivity index (χ3v) is 6.97. The van der Waals surface area contributed by atoms with E-state index in [4.69, 9.17) is 4.18 Å². The lowest BCUT2D eigenvalue weighted by molar-refractivity contribution is -0.138. The van der Waals surface area contributed by atoms with Gasteiger partial charge in [-0.2, -0.15) is 21.6 Å². The second-order valence-corrected chi connectivity index (χ2v) is 10.2. The highest BCUT2D eigenvalue weighted by Crippen LogP contribution is 2.31. The molecule has 9 heteroatoms. The molecule has 0 N–H and O–H groups in total. The molecule has 1 atom stereocenters. The topological polar surface area (TPSA) is 63.7 Å². The molecule has 0 aliphatic carbocycles. The summed E-state index contributed by atoms with van der Waals surface area (Å²) < 4.78 is 69.5. The SMILES string of the molecule is CCC(C(=O)N(Cc1cccc(OS(=O)(=O)c2cccc(C(F)(F)F)c2)c1)C(C)C)c1ccccc1.